The molecule has 0 bridgehead atoms. The quantitative estimate of drug-likeness (QED) is 0.127. The standard InChI is InChI=1S/C18H31N5O9/c1-4-7(2)13(17(30)23-14(8(3)24)18(31)32)22-16(29)10(6-11(20)25)21-15(28)9(19)5-12(26)27/h7-10,13-14,24H,4-6,19H2,1-3H3,(H2,20,25)(H,21,28)(H,22,29)(H,23,30)(H,26,27)(H,31,32). The van der Waals surface area contributed by atoms with Crippen LogP contribution in [0.3, 0.4) is 0 Å². The molecule has 0 saturated heterocycles. The molecule has 0 aromatic carbocycles. The largest absolute Gasteiger partial charge is 0.481 e. The van der Waals surface area contributed by atoms with Crippen LogP contribution in [0.2, 0.25) is 0 Å². The van der Waals surface area contributed by atoms with Crippen molar-refractivity contribution in [3.05, 3.63) is 0 Å². The number of hydrogen-bond donors (Lipinski definition) is 8. The van der Waals surface area contributed by atoms with Gasteiger partial charge in [-0.15, -0.1) is 0 Å². The first-order valence-electron chi connectivity index (χ1n) is 9.78. The first kappa shape index (κ1) is 28.7. The molecule has 6 atom stereocenters. The van der Waals surface area contributed by atoms with Gasteiger partial charge in [0.1, 0.15) is 12.1 Å². The number of amides is 4. The van der Waals surface area contributed by atoms with Crippen LogP contribution in [-0.4, -0.2) is 81.2 Å². The van der Waals surface area contributed by atoms with E-state index in [4.69, 9.17) is 21.7 Å². The fraction of sp³-hybridized carbons (Fsp3) is 0.667. The Morgan fingerprint density at radius 2 is 1.38 bits per heavy atom. The van der Waals surface area contributed by atoms with E-state index in [1.165, 1.54) is 0 Å². The monoisotopic (exact) mass is 461 g/mol. The number of aliphatic hydroxyl groups excluding tert-OH is 1. The highest BCUT2D eigenvalue weighted by atomic mass is 16.4. The number of aliphatic hydroxyl groups is 1. The molecule has 14 heteroatoms. The number of carbonyl (C=O) groups excluding carboxylic acids is 4. The summed E-state index contributed by atoms with van der Waals surface area (Å²) in [5.41, 5.74) is 10.5. The second-order valence-corrected chi connectivity index (χ2v) is 7.37. The molecule has 0 aromatic heterocycles. The van der Waals surface area contributed by atoms with Gasteiger partial charge in [-0.05, 0) is 12.8 Å². The van der Waals surface area contributed by atoms with E-state index in [-0.39, 0.29) is 0 Å². The number of hydrogen-bond acceptors (Lipinski definition) is 8. The normalized spacial score (nSPS) is 16.4. The van der Waals surface area contributed by atoms with E-state index in [0.717, 1.165) is 6.92 Å². The zero-order valence-electron chi connectivity index (χ0n) is 18.0. The molecule has 0 aliphatic rings. The van der Waals surface area contributed by atoms with Gasteiger partial charge in [0.05, 0.1) is 25.0 Å². The second kappa shape index (κ2) is 13.2. The minimum Gasteiger partial charge on any atom is -0.481 e. The van der Waals surface area contributed by atoms with Gasteiger partial charge in [0.15, 0.2) is 6.04 Å². The van der Waals surface area contributed by atoms with Crippen molar-refractivity contribution in [1.82, 2.24) is 16.0 Å². The summed E-state index contributed by atoms with van der Waals surface area (Å²) in [6, 6.07) is -5.99. The molecule has 10 N–H and O–H groups in total. The molecule has 14 nitrogen and oxygen atoms in total. The number of rotatable bonds is 14. The Bertz CT molecular complexity index is 728. The van der Waals surface area contributed by atoms with Gasteiger partial charge < -0.3 is 42.7 Å². The van der Waals surface area contributed by atoms with Gasteiger partial charge in [0, 0.05) is 0 Å². The fourth-order valence-electron chi connectivity index (χ4n) is 2.56. The Morgan fingerprint density at radius 3 is 1.78 bits per heavy atom. The van der Waals surface area contributed by atoms with Crippen molar-refractivity contribution in [2.24, 2.45) is 17.4 Å². The highest BCUT2D eigenvalue weighted by Gasteiger charge is 2.34. The lowest BCUT2D eigenvalue weighted by Crippen LogP contribution is -2.60. The highest BCUT2D eigenvalue weighted by molar-refractivity contribution is 5.96. The molecule has 0 aromatic rings. The van der Waals surface area contributed by atoms with E-state index in [2.05, 4.69) is 16.0 Å². The molecule has 0 aliphatic heterocycles. The molecule has 0 heterocycles. The van der Waals surface area contributed by atoms with Crippen molar-refractivity contribution < 1.29 is 44.1 Å². The third-order valence-corrected chi connectivity index (χ3v) is 4.61. The van der Waals surface area contributed by atoms with E-state index in [1.54, 1.807) is 13.8 Å². The average molecular weight is 461 g/mol. The van der Waals surface area contributed by atoms with E-state index in [9.17, 15) is 33.9 Å². The molecule has 0 saturated carbocycles. The number of nitrogens with two attached hydrogens (primary N) is 2. The third-order valence-electron chi connectivity index (χ3n) is 4.61. The van der Waals surface area contributed by atoms with Gasteiger partial charge in [-0.1, -0.05) is 20.3 Å². The van der Waals surface area contributed by atoms with Crippen LogP contribution in [-0.2, 0) is 28.8 Å². The summed E-state index contributed by atoms with van der Waals surface area (Å²) in [6.07, 6.45) is -2.45. The van der Waals surface area contributed by atoms with Gasteiger partial charge in [-0.2, -0.15) is 0 Å². The smallest absolute Gasteiger partial charge is 0.328 e. The highest BCUT2D eigenvalue weighted by Crippen LogP contribution is 2.10. The maximum atomic E-state index is 12.7. The summed E-state index contributed by atoms with van der Waals surface area (Å²) in [5, 5.41) is 34.0. The zero-order valence-corrected chi connectivity index (χ0v) is 18.0. The summed E-state index contributed by atoms with van der Waals surface area (Å²) < 4.78 is 0. The number of primary amides is 1. The van der Waals surface area contributed by atoms with Crippen LogP contribution in [0.15, 0.2) is 0 Å². The SMILES string of the molecule is CCC(C)C(NC(=O)C(CC(N)=O)NC(=O)C(N)CC(=O)O)C(=O)NC(C(=O)O)C(C)O. The maximum Gasteiger partial charge on any atom is 0.328 e. The van der Waals surface area contributed by atoms with Gasteiger partial charge in [-0.3, -0.25) is 24.0 Å². The lowest BCUT2D eigenvalue weighted by Gasteiger charge is -2.28. The number of nitrogens with one attached hydrogen (secondary N) is 3. The summed E-state index contributed by atoms with van der Waals surface area (Å²) in [7, 11) is 0. The van der Waals surface area contributed by atoms with Crippen LogP contribution in [0.5, 0.6) is 0 Å². The Kier molecular flexibility index (Phi) is 11.9. The minimum absolute atomic E-state index is 0.376. The lowest BCUT2D eigenvalue weighted by atomic mass is 9.97. The van der Waals surface area contributed by atoms with E-state index < -0.39 is 84.6 Å². The van der Waals surface area contributed by atoms with Crippen molar-refractivity contribution >= 4 is 35.6 Å². The molecule has 0 aliphatic carbocycles. The zero-order chi connectivity index (χ0) is 25.2. The number of carbonyl (C=O) groups is 6. The Morgan fingerprint density at radius 1 is 0.844 bits per heavy atom. The predicted molar refractivity (Wildman–Crippen MR) is 109 cm³/mol. The number of aliphatic carboxylic acids is 2. The maximum absolute atomic E-state index is 12.7. The third kappa shape index (κ3) is 9.70. The Hall–Kier alpha value is -3.26. The van der Waals surface area contributed by atoms with Gasteiger partial charge >= 0.3 is 11.9 Å². The van der Waals surface area contributed by atoms with E-state index in [1.807, 2.05) is 0 Å². The number of carboxylic acids is 2. The molecule has 6 unspecified atom stereocenters. The van der Waals surface area contributed by atoms with Crippen molar-refractivity contribution in [2.75, 3.05) is 0 Å². The molecule has 4 amide bonds. The first-order chi connectivity index (χ1) is 14.7. The van der Waals surface area contributed by atoms with Crippen molar-refractivity contribution in [3.63, 3.8) is 0 Å². The molecule has 0 fully saturated rings. The van der Waals surface area contributed by atoms with E-state index >= 15 is 0 Å². The Balaban J connectivity index is 5.59. The van der Waals surface area contributed by atoms with Crippen LogP contribution >= 0.6 is 0 Å². The van der Waals surface area contributed by atoms with Gasteiger partial charge in [-0.25, -0.2) is 4.79 Å². The van der Waals surface area contributed by atoms with Crippen LogP contribution < -0.4 is 27.4 Å². The van der Waals surface area contributed by atoms with E-state index in [0.29, 0.717) is 6.42 Å². The Labute approximate surface area is 184 Å². The van der Waals surface area contributed by atoms with Crippen molar-refractivity contribution in [2.45, 2.75) is 70.3 Å². The molecule has 0 rings (SSSR count). The fourth-order valence-corrected chi connectivity index (χ4v) is 2.56. The summed E-state index contributed by atoms with van der Waals surface area (Å²) in [6.45, 7) is 4.45. The minimum atomic E-state index is -1.64. The summed E-state index contributed by atoms with van der Waals surface area (Å²) in [5.74, 6) is -7.27. The predicted octanol–water partition coefficient (Wildman–Crippen LogP) is -3.37. The lowest BCUT2D eigenvalue weighted by molar-refractivity contribution is -0.145. The van der Waals surface area contributed by atoms with Crippen LogP contribution in [0.1, 0.15) is 40.0 Å². The van der Waals surface area contributed by atoms with Crippen molar-refractivity contribution in [3.8, 4) is 0 Å². The van der Waals surface area contributed by atoms with Crippen LogP contribution in [0, 0.1) is 5.92 Å². The molecule has 0 radical (unpaired) electrons. The van der Waals surface area contributed by atoms with Gasteiger partial charge in [0.2, 0.25) is 23.6 Å². The van der Waals surface area contributed by atoms with Gasteiger partial charge in [0.25, 0.3) is 0 Å². The summed E-state index contributed by atoms with van der Waals surface area (Å²) in [4.78, 5) is 70.7. The first-order valence-corrected chi connectivity index (χ1v) is 9.78. The summed E-state index contributed by atoms with van der Waals surface area (Å²) >= 11 is 0. The molecule has 182 valence electrons. The second-order valence-electron chi connectivity index (χ2n) is 7.37. The average Bonchev–Trinajstić information content (AvgIpc) is 2.67. The molecule has 32 heavy (non-hydrogen) atoms. The topological polar surface area (TPSA) is 251 Å². The molecular weight excluding hydrogens is 430 g/mol. The number of carboxylic acid groups (broad SMARTS) is 2. The molecular formula is C18H31N5O9. The van der Waals surface area contributed by atoms with Crippen molar-refractivity contribution in [1.29, 1.82) is 0 Å². The molecule has 0 spiro atoms. The van der Waals surface area contributed by atoms with Crippen LogP contribution in [0.25, 0.3) is 0 Å². The van der Waals surface area contributed by atoms with Crippen LogP contribution in [0.4, 0.5) is 0 Å².